The van der Waals surface area contributed by atoms with Crippen molar-refractivity contribution in [3.8, 4) is 5.75 Å². The normalized spacial score (nSPS) is 14.1. The predicted molar refractivity (Wildman–Crippen MR) is 145 cm³/mol. The second kappa shape index (κ2) is 11.1. The van der Waals surface area contributed by atoms with Crippen molar-refractivity contribution in [3.05, 3.63) is 100.0 Å². The monoisotopic (exact) mass is 554 g/mol. The van der Waals surface area contributed by atoms with Gasteiger partial charge in [0.15, 0.2) is 0 Å². The fraction of sp³-hybridized carbons (Fsp3) is 0.241. The number of nitrogens with zero attached hydrogens (tertiary/aromatic N) is 3. The number of rotatable bonds is 6. The van der Waals surface area contributed by atoms with Crippen LogP contribution in [0.5, 0.6) is 5.75 Å². The van der Waals surface area contributed by atoms with Gasteiger partial charge in [-0.15, -0.1) is 13.2 Å². The van der Waals surface area contributed by atoms with E-state index in [2.05, 4.69) is 26.0 Å². The zero-order valence-corrected chi connectivity index (χ0v) is 21.9. The number of fused-ring (bicyclic) bond motifs is 3. The zero-order valence-electron chi connectivity index (χ0n) is 21.1. The minimum absolute atomic E-state index is 0.190. The number of aromatic nitrogens is 2. The van der Waals surface area contributed by atoms with E-state index in [4.69, 9.17) is 11.6 Å². The number of nitrogens with one attached hydrogen (secondary N) is 1. The molecule has 0 radical (unpaired) electrons. The van der Waals surface area contributed by atoms with Crippen molar-refractivity contribution >= 4 is 34.6 Å². The molecule has 0 unspecified atom stereocenters. The van der Waals surface area contributed by atoms with Crippen LogP contribution in [0.3, 0.4) is 0 Å². The lowest BCUT2D eigenvalue weighted by Crippen LogP contribution is -2.34. The number of amides is 1. The Morgan fingerprint density at radius 1 is 1.15 bits per heavy atom. The molecular formula is C29H26ClF3N4O2. The molecule has 1 aliphatic heterocycles. The smallest absolute Gasteiger partial charge is 0.406 e. The van der Waals surface area contributed by atoms with Crippen molar-refractivity contribution in [1.82, 2.24) is 19.8 Å². The van der Waals surface area contributed by atoms with Crippen LogP contribution in [0.15, 0.2) is 66.9 Å². The van der Waals surface area contributed by atoms with Crippen molar-refractivity contribution in [1.29, 1.82) is 0 Å². The summed E-state index contributed by atoms with van der Waals surface area (Å²) in [7, 11) is 0. The van der Waals surface area contributed by atoms with Gasteiger partial charge in [-0.3, -0.25) is 9.47 Å². The highest BCUT2D eigenvalue weighted by molar-refractivity contribution is 6.29. The lowest BCUT2D eigenvalue weighted by Gasteiger charge is -2.27. The van der Waals surface area contributed by atoms with Gasteiger partial charge in [0.1, 0.15) is 10.9 Å². The third-order valence-corrected chi connectivity index (χ3v) is 6.81. The molecule has 3 heterocycles. The number of hydrogen-bond acceptors (Lipinski definition) is 4. The van der Waals surface area contributed by atoms with Gasteiger partial charge in [-0.2, -0.15) is 0 Å². The third kappa shape index (κ3) is 6.43. The quantitative estimate of drug-likeness (QED) is 0.269. The largest absolute Gasteiger partial charge is 0.573 e. The van der Waals surface area contributed by atoms with E-state index in [1.807, 2.05) is 37.3 Å². The van der Waals surface area contributed by atoms with Gasteiger partial charge in [-0.25, -0.2) is 9.78 Å². The number of benzene rings is 2. The maximum atomic E-state index is 13.4. The predicted octanol–water partition coefficient (Wildman–Crippen LogP) is 6.73. The van der Waals surface area contributed by atoms with Crippen LogP contribution in [0, 0.1) is 6.92 Å². The molecule has 0 fully saturated rings. The molecule has 2 aromatic heterocycles. The van der Waals surface area contributed by atoms with E-state index in [1.165, 1.54) is 12.1 Å². The van der Waals surface area contributed by atoms with Gasteiger partial charge in [0.25, 0.3) is 0 Å². The van der Waals surface area contributed by atoms with Crippen LogP contribution < -0.4 is 10.1 Å². The molecule has 202 valence electrons. The first-order valence-corrected chi connectivity index (χ1v) is 12.8. The fourth-order valence-electron chi connectivity index (χ4n) is 4.84. The van der Waals surface area contributed by atoms with Crippen LogP contribution in [0.2, 0.25) is 5.15 Å². The Labute approximate surface area is 228 Å². The summed E-state index contributed by atoms with van der Waals surface area (Å²) in [5.41, 5.74) is 5.76. The van der Waals surface area contributed by atoms with E-state index in [0.717, 1.165) is 45.4 Å². The first-order chi connectivity index (χ1) is 18.7. The minimum Gasteiger partial charge on any atom is -0.406 e. The molecule has 0 saturated carbocycles. The molecule has 1 aliphatic rings. The van der Waals surface area contributed by atoms with Crippen LogP contribution in [-0.2, 0) is 19.5 Å². The highest BCUT2D eigenvalue weighted by atomic mass is 35.5. The lowest BCUT2D eigenvalue weighted by atomic mass is 10.0. The summed E-state index contributed by atoms with van der Waals surface area (Å²) in [6, 6.07) is 15.2. The van der Waals surface area contributed by atoms with Crippen LogP contribution >= 0.6 is 11.6 Å². The molecule has 1 N–H and O–H groups in total. The van der Waals surface area contributed by atoms with Crippen molar-refractivity contribution in [2.75, 3.05) is 13.1 Å². The molecular weight excluding hydrogens is 529 g/mol. The number of pyridine rings is 1. The molecule has 4 aromatic rings. The van der Waals surface area contributed by atoms with E-state index < -0.39 is 6.36 Å². The zero-order chi connectivity index (χ0) is 27.6. The molecule has 2 aromatic carbocycles. The van der Waals surface area contributed by atoms with E-state index in [0.29, 0.717) is 31.2 Å². The third-order valence-electron chi connectivity index (χ3n) is 6.61. The number of hydrogen-bond donors (Lipinski definition) is 1. The Morgan fingerprint density at radius 3 is 2.69 bits per heavy atom. The van der Waals surface area contributed by atoms with Crippen molar-refractivity contribution in [2.24, 2.45) is 0 Å². The lowest BCUT2D eigenvalue weighted by molar-refractivity contribution is -0.274. The number of carbonyl (C=O) groups excluding carboxylic acids is 1. The average Bonchev–Trinajstić information content (AvgIpc) is 3.20. The molecule has 0 spiro atoms. The van der Waals surface area contributed by atoms with Crippen LogP contribution in [-0.4, -0.2) is 39.9 Å². The highest BCUT2D eigenvalue weighted by Crippen LogP contribution is 2.32. The van der Waals surface area contributed by atoms with Crippen molar-refractivity contribution in [2.45, 2.75) is 32.8 Å². The molecule has 10 heteroatoms. The minimum atomic E-state index is -4.71. The maximum Gasteiger partial charge on any atom is 0.573 e. The summed E-state index contributed by atoms with van der Waals surface area (Å²) in [5, 5.41) is 4.44. The number of halogens is 4. The maximum absolute atomic E-state index is 13.4. The number of aryl methyl sites for hydroxylation is 1. The molecule has 5 rings (SSSR count). The van der Waals surface area contributed by atoms with Gasteiger partial charge < -0.3 is 10.1 Å². The van der Waals surface area contributed by atoms with Crippen molar-refractivity contribution < 1.29 is 22.7 Å². The number of alkyl halides is 3. The summed E-state index contributed by atoms with van der Waals surface area (Å²) in [5.74, 6) is -0.247. The molecule has 0 saturated heterocycles. The first kappa shape index (κ1) is 26.8. The SMILES string of the molecule is Cc1ccc2c(c1)c1c(n2C(=O)NCc2ccnc(Cl)c2)CCN(C/C=C/c2ccc(OC(F)(F)F)cc2)C1. The second-order valence-corrected chi connectivity index (χ2v) is 9.82. The van der Waals surface area contributed by atoms with E-state index >= 15 is 0 Å². The van der Waals surface area contributed by atoms with Gasteiger partial charge in [0.2, 0.25) is 0 Å². The molecule has 0 atom stereocenters. The molecule has 6 nitrogen and oxygen atoms in total. The van der Waals surface area contributed by atoms with Crippen molar-refractivity contribution in [3.63, 3.8) is 0 Å². The second-order valence-electron chi connectivity index (χ2n) is 9.43. The molecule has 1 amide bonds. The molecule has 0 aliphatic carbocycles. The standard InChI is InChI=1S/C29H26ClF3N4O2/c1-19-4-9-25-23(15-19)24-18-36(13-2-3-20-5-7-22(8-6-20)39-29(31,32)33)14-11-26(24)37(25)28(38)35-17-21-10-12-34-27(30)16-21/h2-10,12,15-16H,11,13-14,17-18H2,1H3,(H,35,38)/b3-2+. The van der Waals surface area contributed by atoms with E-state index in [1.54, 1.807) is 29.0 Å². The van der Waals surface area contributed by atoms with Crippen LogP contribution in [0.1, 0.15) is 27.9 Å². The van der Waals surface area contributed by atoms with Gasteiger partial charge in [0, 0.05) is 49.9 Å². The Kier molecular flexibility index (Phi) is 7.63. The Bertz CT molecular complexity index is 1530. The van der Waals surface area contributed by atoms with Crippen LogP contribution in [0.25, 0.3) is 17.0 Å². The van der Waals surface area contributed by atoms with Gasteiger partial charge in [0.05, 0.1) is 5.52 Å². The summed E-state index contributed by atoms with van der Waals surface area (Å²) in [6.07, 6.45) is 1.47. The van der Waals surface area contributed by atoms with E-state index in [-0.39, 0.29) is 11.8 Å². The van der Waals surface area contributed by atoms with Crippen LogP contribution in [0.4, 0.5) is 18.0 Å². The number of ether oxygens (including phenoxy) is 1. The summed E-state index contributed by atoms with van der Waals surface area (Å²) in [4.78, 5) is 19.6. The summed E-state index contributed by atoms with van der Waals surface area (Å²) < 4.78 is 42.8. The topological polar surface area (TPSA) is 59.4 Å². The van der Waals surface area contributed by atoms with Gasteiger partial charge in [-0.1, -0.05) is 47.5 Å². The van der Waals surface area contributed by atoms with E-state index in [9.17, 15) is 18.0 Å². The Morgan fingerprint density at radius 2 is 1.95 bits per heavy atom. The number of carbonyl (C=O) groups is 1. The average molecular weight is 555 g/mol. The first-order valence-electron chi connectivity index (χ1n) is 12.4. The van der Waals surface area contributed by atoms with Gasteiger partial charge >= 0.3 is 12.4 Å². The van der Waals surface area contributed by atoms with Gasteiger partial charge in [-0.05, 0) is 60.0 Å². The Hall–Kier alpha value is -3.82. The highest BCUT2D eigenvalue weighted by Gasteiger charge is 2.31. The molecule has 39 heavy (non-hydrogen) atoms. The Balaban J connectivity index is 1.30. The summed E-state index contributed by atoms with van der Waals surface area (Å²) in [6.45, 7) is 4.47. The fourth-order valence-corrected chi connectivity index (χ4v) is 5.04. The molecule has 0 bridgehead atoms. The summed E-state index contributed by atoms with van der Waals surface area (Å²) >= 11 is 5.98.